The Balaban J connectivity index is 2.16. The van der Waals surface area contributed by atoms with Gasteiger partial charge in [0.2, 0.25) is 0 Å². The van der Waals surface area contributed by atoms with E-state index in [9.17, 15) is 0 Å². The van der Waals surface area contributed by atoms with Gasteiger partial charge in [0.05, 0.1) is 0 Å². The quantitative estimate of drug-likeness (QED) is 0.866. The predicted octanol–water partition coefficient (Wildman–Crippen LogP) is 3.44. The third kappa shape index (κ3) is 2.61. The van der Waals surface area contributed by atoms with Crippen molar-refractivity contribution in [2.45, 2.75) is 38.6 Å². The van der Waals surface area contributed by atoms with Gasteiger partial charge >= 0.3 is 0 Å². The fourth-order valence-electron chi connectivity index (χ4n) is 2.32. The lowest BCUT2D eigenvalue weighted by Gasteiger charge is -2.25. The Bertz CT molecular complexity index is 354. The van der Waals surface area contributed by atoms with E-state index in [-0.39, 0.29) is 0 Å². The van der Waals surface area contributed by atoms with Crippen LogP contribution in [0.25, 0.3) is 0 Å². The van der Waals surface area contributed by atoms with Gasteiger partial charge in [0.25, 0.3) is 0 Å². The van der Waals surface area contributed by atoms with Crippen LogP contribution >= 0.6 is 15.9 Å². The molecule has 1 aliphatic rings. The Labute approximate surface area is 100 Å². The molecule has 2 heteroatoms. The summed E-state index contributed by atoms with van der Waals surface area (Å²) in [7, 11) is 0. The molecule has 0 aromatic heterocycles. The van der Waals surface area contributed by atoms with Gasteiger partial charge in [-0.05, 0) is 56.8 Å². The summed E-state index contributed by atoms with van der Waals surface area (Å²) in [5.74, 6) is 0. The Morgan fingerprint density at radius 2 is 2.27 bits per heavy atom. The minimum Gasteiger partial charge on any atom is -0.311 e. The highest BCUT2D eigenvalue weighted by Crippen LogP contribution is 2.27. The van der Waals surface area contributed by atoms with Crippen molar-refractivity contribution in [1.29, 1.82) is 0 Å². The van der Waals surface area contributed by atoms with Crippen molar-refractivity contribution in [1.82, 2.24) is 5.32 Å². The summed E-state index contributed by atoms with van der Waals surface area (Å²) in [6.45, 7) is 5.62. The van der Waals surface area contributed by atoms with Gasteiger partial charge in [-0.3, -0.25) is 0 Å². The number of halogens is 1. The largest absolute Gasteiger partial charge is 0.311 e. The molecule has 0 spiro atoms. The van der Waals surface area contributed by atoms with E-state index in [4.69, 9.17) is 0 Å². The molecule has 0 aliphatic carbocycles. The second-order valence-electron chi connectivity index (χ2n) is 4.86. The van der Waals surface area contributed by atoms with Crippen LogP contribution in [-0.4, -0.2) is 12.1 Å². The van der Waals surface area contributed by atoms with Crippen molar-refractivity contribution in [3.8, 4) is 0 Å². The molecule has 1 saturated heterocycles. The van der Waals surface area contributed by atoms with Crippen molar-refractivity contribution >= 4 is 15.9 Å². The molecule has 1 heterocycles. The Morgan fingerprint density at radius 1 is 1.47 bits per heavy atom. The Hall–Kier alpha value is -0.340. The van der Waals surface area contributed by atoms with Gasteiger partial charge in [-0.15, -0.1) is 0 Å². The summed E-state index contributed by atoms with van der Waals surface area (Å²) >= 11 is 3.65. The van der Waals surface area contributed by atoms with Crippen molar-refractivity contribution < 1.29 is 0 Å². The van der Waals surface area contributed by atoms with Crippen molar-refractivity contribution in [3.63, 3.8) is 0 Å². The van der Waals surface area contributed by atoms with Crippen LogP contribution in [0.5, 0.6) is 0 Å². The molecule has 15 heavy (non-hydrogen) atoms. The molecule has 1 unspecified atom stereocenters. The maximum Gasteiger partial charge on any atom is 0.0210 e. The molecule has 1 aromatic carbocycles. The lowest BCUT2D eigenvalue weighted by molar-refractivity contribution is 0.412. The SMILES string of the molecule is Cc1ccc(CC2(C)CCCN2)c(Br)c1. The summed E-state index contributed by atoms with van der Waals surface area (Å²) in [4.78, 5) is 0. The highest BCUT2D eigenvalue weighted by atomic mass is 79.9. The van der Waals surface area contributed by atoms with E-state index in [1.165, 1.54) is 35.0 Å². The molecule has 1 nitrogen and oxygen atoms in total. The maximum absolute atomic E-state index is 3.65. The Kier molecular flexibility index (Phi) is 3.17. The molecule has 82 valence electrons. The summed E-state index contributed by atoms with van der Waals surface area (Å²) in [6, 6.07) is 6.64. The zero-order valence-electron chi connectivity index (χ0n) is 9.44. The summed E-state index contributed by atoms with van der Waals surface area (Å²) in [6.07, 6.45) is 3.71. The first-order valence-corrected chi connectivity index (χ1v) is 6.38. The van der Waals surface area contributed by atoms with Crippen molar-refractivity contribution in [2.24, 2.45) is 0 Å². The zero-order chi connectivity index (χ0) is 10.9. The minimum atomic E-state index is 0.303. The fourth-order valence-corrected chi connectivity index (χ4v) is 2.96. The van der Waals surface area contributed by atoms with Crippen LogP contribution in [0.2, 0.25) is 0 Å². The molecule has 1 aliphatic heterocycles. The number of benzene rings is 1. The van der Waals surface area contributed by atoms with Crippen LogP contribution in [0.4, 0.5) is 0 Å². The van der Waals surface area contributed by atoms with E-state index in [1.54, 1.807) is 0 Å². The topological polar surface area (TPSA) is 12.0 Å². The zero-order valence-corrected chi connectivity index (χ0v) is 11.0. The number of aryl methyl sites for hydroxylation is 1. The van der Waals surface area contributed by atoms with Gasteiger partial charge < -0.3 is 5.32 Å². The highest BCUT2D eigenvalue weighted by molar-refractivity contribution is 9.10. The first-order valence-electron chi connectivity index (χ1n) is 5.59. The number of rotatable bonds is 2. The molecule has 0 saturated carbocycles. The summed E-state index contributed by atoms with van der Waals surface area (Å²) < 4.78 is 1.25. The molecular formula is C13H18BrN. The first kappa shape index (κ1) is 11.2. The third-order valence-electron chi connectivity index (χ3n) is 3.25. The van der Waals surface area contributed by atoms with Gasteiger partial charge in [0.15, 0.2) is 0 Å². The normalized spacial score (nSPS) is 25.8. The Morgan fingerprint density at radius 3 is 2.87 bits per heavy atom. The van der Waals surface area contributed by atoms with E-state index in [0.29, 0.717) is 5.54 Å². The lowest BCUT2D eigenvalue weighted by Crippen LogP contribution is -2.38. The molecule has 0 bridgehead atoms. The number of hydrogen-bond donors (Lipinski definition) is 1. The monoisotopic (exact) mass is 267 g/mol. The van der Waals surface area contributed by atoms with E-state index < -0.39 is 0 Å². The van der Waals surface area contributed by atoms with Gasteiger partial charge in [0, 0.05) is 10.0 Å². The van der Waals surface area contributed by atoms with Crippen LogP contribution in [-0.2, 0) is 6.42 Å². The van der Waals surface area contributed by atoms with E-state index >= 15 is 0 Å². The van der Waals surface area contributed by atoms with Crippen LogP contribution in [0.1, 0.15) is 30.9 Å². The summed E-state index contributed by atoms with van der Waals surface area (Å²) in [5, 5.41) is 3.60. The maximum atomic E-state index is 3.65. The standard InChI is InChI=1S/C13H18BrN/c1-10-4-5-11(12(14)8-10)9-13(2)6-3-7-15-13/h4-5,8,15H,3,6-7,9H2,1-2H3. The van der Waals surface area contributed by atoms with Gasteiger partial charge in [-0.1, -0.05) is 28.1 Å². The van der Waals surface area contributed by atoms with Crippen LogP contribution < -0.4 is 5.32 Å². The number of hydrogen-bond acceptors (Lipinski definition) is 1. The molecular weight excluding hydrogens is 250 g/mol. The minimum absolute atomic E-state index is 0.303. The van der Waals surface area contributed by atoms with E-state index in [0.717, 1.165) is 6.42 Å². The number of nitrogens with one attached hydrogen (secondary N) is 1. The van der Waals surface area contributed by atoms with Crippen molar-refractivity contribution in [3.05, 3.63) is 33.8 Å². The molecule has 1 N–H and O–H groups in total. The molecule has 2 rings (SSSR count). The fraction of sp³-hybridized carbons (Fsp3) is 0.538. The highest BCUT2D eigenvalue weighted by Gasteiger charge is 2.28. The third-order valence-corrected chi connectivity index (χ3v) is 3.98. The van der Waals surface area contributed by atoms with Crippen LogP contribution in [0.15, 0.2) is 22.7 Å². The van der Waals surface area contributed by atoms with Gasteiger partial charge in [-0.2, -0.15) is 0 Å². The smallest absolute Gasteiger partial charge is 0.0210 e. The molecule has 0 radical (unpaired) electrons. The van der Waals surface area contributed by atoms with Gasteiger partial charge in [-0.25, -0.2) is 0 Å². The molecule has 1 atom stereocenters. The van der Waals surface area contributed by atoms with E-state index in [1.807, 2.05) is 0 Å². The molecule has 0 amide bonds. The van der Waals surface area contributed by atoms with Gasteiger partial charge in [0.1, 0.15) is 0 Å². The molecule has 1 aromatic rings. The first-order chi connectivity index (χ1) is 7.09. The second-order valence-corrected chi connectivity index (χ2v) is 5.72. The van der Waals surface area contributed by atoms with Crippen LogP contribution in [0.3, 0.4) is 0 Å². The average Bonchev–Trinajstić information content (AvgIpc) is 2.58. The lowest BCUT2D eigenvalue weighted by atomic mass is 9.91. The average molecular weight is 268 g/mol. The van der Waals surface area contributed by atoms with Crippen molar-refractivity contribution in [2.75, 3.05) is 6.54 Å². The molecule has 1 fully saturated rings. The van der Waals surface area contributed by atoms with Crippen LogP contribution in [0, 0.1) is 6.92 Å². The van der Waals surface area contributed by atoms with E-state index in [2.05, 4.69) is 53.3 Å². The predicted molar refractivity (Wildman–Crippen MR) is 68.2 cm³/mol. The summed E-state index contributed by atoms with van der Waals surface area (Å²) in [5.41, 5.74) is 3.03. The second kappa shape index (κ2) is 4.26.